The van der Waals surface area contributed by atoms with Crippen molar-refractivity contribution in [1.29, 1.82) is 0 Å². The zero-order valence-electron chi connectivity index (χ0n) is 25.1. The lowest BCUT2D eigenvalue weighted by molar-refractivity contribution is 0.527. The molecule has 0 spiro atoms. The summed E-state index contributed by atoms with van der Waals surface area (Å²) in [7, 11) is 0. The van der Waals surface area contributed by atoms with E-state index >= 15 is 0 Å². The molecule has 0 aromatic carbocycles. The van der Waals surface area contributed by atoms with Gasteiger partial charge in [-0.2, -0.15) is 0 Å². The summed E-state index contributed by atoms with van der Waals surface area (Å²) in [5.41, 5.74) is 0. The molecule has 0 nitrogen and oxygen atoms in total. The molecule has 0 aliphatic heterocycles. The predicted octanol–water partition coefficient (Wildman–Crippen LogP) is 13.7. The van der Waals surface area contributed by atoms with Crippen molar-refractivity contribution in [1.82, 2.24) is 0 Å². The predicted molar refractivity (Wildman–Crippen MR) is 164 cm³/mol. The largest absolute Gasteiger partial charge is 0.0885 e. The lowest BCUT2D eigenvalue weighted by atomic mass is 10.0. The van der Waals surface area contributed by atoms with Gasteiger partial charge in [-0.25, -0.2) is 0 Å². The van der Waals surface area contributed by atoms with Crippen molar-refractivity contribution in [2.45, 2.75) is 213 Å². The average Bonchev–Trinajstić information content (AvgIpc) is 2.87. The Morgan fingerprint density at radius 3 is 0.600 bits per heavy atom. The molecule has 0 radical (unpaired) electrons. The van der Waals surface area contributed by atoms with Crippen molar-refractivity contribution < 1.29 is 0 Å². The van der Waals surface area contributed by atoms with Gasteiger partial charge in [0.05, 0.1) is 0 Å². The van der Waals surface area contributed by atoms with Gasteiger partial charge in [0.1, 0.15) is 0 Å². The molecule has 0 unspecified atom stereocenters. The van der Waals surface area contributed by atoms with Crippen molar-refractivity contribution >= 4 is 0 Å². The second-order valence-corrected chi connectivity index (χ2v) is 11.6. The van der Waals surface area contributed by atoms with Crippen LogP contribution in [0.4, 0.5) is 0 Å². The highest BCUT2D eigenvalue weighted by Gasteiger charge is 1.95. The van der Waals surface area contributed by atoms with Crippen molar-refractivity contribution in [3.8, 4) is 0 Å². The highest BCUT2D eigenvalue weighted by molar-refractivity contribution is 4.81. The lowest BCUT2D eigenvalue weighted by Crippen LogP contribution is -1.83. The molecule has 0 aliphatic carbocycles. The van der Waals surface area contributed by atoms with Crippen LogP contribution >= 0.6 is 0 Å². The second kappa shape index (κ2) is 33.7. The van der Waals surface area contributed by atoms with Crippen LogP contribution in [0.1, 0.15) is 213 Å². The van der Waals surface area contributed by atoms with Crippen LogP contribution in [-0.2, 0) is 0 Å². The molecule has 0 saturated carbocycles. The van der Waals surface area contributed by atoms with Crippen LogP contribution in [0.25, 0.3) is 0 Å². The topological polar surface area (TPSA) is 0 Å². The number of unbranched alkanes of at least 4 members (excludes halogenated alkanes) is 29. The molecule has 0 N–H and O–H groups in total. The van der Waals surface area contributed by atoms with Gasteiger partial charge in [-0.3, -0.25) is 0 Å². The molecule has 0 amide bonds. The highest BCUT2D eigenvalue weighted by Crippen LogP contribution is 2.15. The van der Waals surface area contributed by atoms with Gasteiger partial charge in [-0.05, 0) is 25.7 Å². The summed E-state index contributed by atoms with van der Waals surface area (Å²) in [6.07, 6.45) is 49.9. The van der Waals surface area contributed by atoms with E-state index in [0.29, 0.717) is 0 Å². The number of allylic oxidation sites excluding steroid dienone is 2. The quantitative estimate of drug-likeness (QED) is 0.0669. The highest BCUT2D eigenvalue weighted by atomic mass is 14.0. The standard InChI is InChI=1S/C35H70/c1-3-5-7-9-11-13-15-17-19-21-23-25-27-29-31-33-35-34-32-30-28-26-24-22-20-18-16-14-12-10-8-6-4-2/h29,31H,3-28,30,32-35H2,1-2H3. The van der Waals surface area contributed by atoms with E-state index in [4.69, 9.17) is 0 Å². The van der Waals surface area contributed by atoms with Gasteiger partial charge in [0.25, 0.3) is 0 Å². The third kappa shape index (κ3) is 33.7. The van der Waals surface area contributed by atoms with E-state index in [1.54, 1.807) is 0 Å². The Labute approximate surface area is 224 Å². The minimum atomic E-state index is 1.32. The van der Waals surface area contributed by atoms with Crippen LogP contribution in [0.3, 0.4) is 0 Å². The van der Waals surface area contributed by atoms with Crippen LogP contribution in [0, 0.1) is 0 Å². The van der Waals surface area contributed by atoms with Gasteiger partial charge >= 0.3 is 0 Å². The van der Waals surface area contributed by atoms with Crippen LogP contribution in [0.5, 0.6) is 0 Å². The molecule has 210 valence electrons. The zero-order valence-corrected chi connectivity index (χ0v) is 25.1. The molecule has 0 aliphatic rings. The minimum absolute atomic E-state index is 1.32. The molecule has 0 aromatic heterocycles. The number of hydrogen-bond donors (Lipinski definition) is 0. The first-order chi connectivity index (χ1) is 17.4. The Morgan fingerprint density at radius 1 is 0.229 bits per heavy atom. The Hall–Kier alpha value is -0.260. The Morgan fingerprint density at radius 2 is 0.400 bits per heavy atom. The maximum absolute atomic E-state index is 2.46. The molecule has 35 heavy (non-hydrogen) atoms. The molecule has 0 rings (SSSR count). The molecule has 0 aromatic rings. The van der Waals surface area contributed by atoms with Crippen LogP contribution in [0.2, 0.25) is 0 Å². The van der Waals surface area contributed by atoms with Crippen molar-refractivity contribution in [2.75, 3.05) is 0 Å². The van der Waals surface area contributed by atoms with Crippen LogP contribution < -0.4 is 0 Å². The fourth-order valence-electron chi connectivity index (χ4n) is 5.33. The summed E-state index contributed by atoms with van der Waals surface area (Å²) in [5.74, 6) is 0. The van der Waals surface area contributed by atoms with E-state index < -0.39 is 0 Å². The van der Waals surface area contributed by atoms with E-state index in [1.165, 1.54) is 199 Å². The molecular weight excluding hydrogens is 420 g/mol. The van der Waals surface area contributed by atoms with Gasteiger partial charge in [-0.15, -0.1) is 0 Å². The normalized spacial score (nSPS) is 11.7. The van der Waals surface area contributed by atoms with E-state index in [2.05, 4.69) is 26.0 Å². The molecular formula is C35H70. The fraction of sp³-hybridized carbons (Fsp3) is 0.943. The smallest absolute Gasteiger partial charge is 0.0351 e. The van der Waals surface area contributed by atoms with Crippen LogP contribution in [-0.4, -0.2) is 0 Å². The van der Waals surface area contributed by atoms with Gasteiger partial charge in [0.2, 0.25) is 0 Å². The minimum Gasteiger partial charge on any atom is -0.0885 e. The average molecular weight is 491 g/mol. The van der Waals surface area contributed by atoms with Crippen molar-refractivity contribution in [2.24, 2.45) is 0 Å². The Kier molecular flexibility index (Phi) is 33.5. The molecule has 0 heterocycles. The second-order valence-electron chi connectivity index (χ2n) is 11.6. The first-order valence-corrected chi connectivity index (χ1v) is 17.1. The van der Waals surface area contributed by atoms with E-state index in [0.717, 1.165) is 0 Å². The van der Waals surface area contributed by atoms with Gasteiger partial charge < -0.3 is 0 Å². The fourth-order valence-corrected chi connectivity index (χ4v) is 5.33. The summed E-state index contributed by atoms with van der Waals surface area (Å²) in [4.78, 5) is 0. The van der Waals surface area contributed by atoms with Gasteiger partial charge in [0, 0.05) is 0 Å². The zero-order chi connectivity index (χ0) is 25.3. The lowest BCUT2D eigenvalue weighted by Gasteiger charge is -2.03. The molecule has 0 atom stereocenters. The first-order valence-electron chi connectivity index (χ1n) is 17.1. The van der Waals surface area contributed by atoms with Crippen LogP contribution in [0.15, 0.2) is 12.2 Å². The summed E-state index contributed by atoms with van der Waals surface area (Å²) < 4.78 is 0. The number of hydrogen-bond acceptors (Lipinski definition) is 0. The monoisotopic (exact) mass is 491 g/mol. The molecule has 0 saturated heterocycles. The Bertz CT molecular complexity index is 368. The maximum Gasteiger partial charge on any atom is -0.0351 e. The van der Waals surface area contributed by atoms with Gasteiger partial charge in [0.15, 0.2) is 0 Å². The maximum atomic E-state index is 2.46. The van der Waals surface area contributed by atoms with E-state index in [9.17, 15) is 0 Å². The molecule has 0 fully saturated rings. The van der Waals surface area contributed by atoms with Crippen molar-refractivity contribution in [3.63, 3.8) is 0 Å². The third-order valence-electron chi connectivity index (χ3n) is 7.87. The summed E-state index contributed by atoms with van der Waals surface area (Å²) in [6.45, 7) is 4.61. The SMILES string of the molecule is CCCCCCCCCCCCCCC=CCCCCCCCCCCCCCCCCCCC. The molecule has 0 bridgehead atoms. The number of rotatable bonds is 31. The van der Waals surface area contributed by atoms with Crippen molar-refractivity contribution in [3.05, 3.63) is 12.2 Å². The van der Waals surface area contributed by atoms with E-state index in [1.807, 2.05) is 0 Å². The van der Waals surface area contributed by atoms with Gasteiger partial charge in [-0.1, -0.05) is 199 Å². The summed E-state index contributed by atoms with van der Waals surface area (Å²) >= 11 is 0. The molecule has 0 heteroatoms. The summed E-state index contributed by atoms with van der Waals surface area (Å²) in [5, 5.41) is 0. The van der Waals surface area contributed by atoms with E-state index in [-0.39, 0.29) is 0 Å². The Balaban J connectivity index is 3.07. The third-order valence-corrected chi connectivity index (χ3v) is 7.87. The first kappa shape index (κ1) is 34.7. The summed E-state index contributed by atoms with van der Waals surface area (Å²) in [6, 6.07) is 0.